The topological polar surface area (TPSA) is 0 Å². The molecule has 2 heteroatoms. The van der Waals surface area contributed by atoms with Gasteiger partial charge in [-0.2, -0.15) is 0 Å². The van der Waals surface area contributed by atoms with Crippen molar-refractivity contribution in [2.75, 3.05) is 0 Å². The molecule has 0 heterocycles. The standard InChI is InChI=1S/C26H31ClSi/c1-7-22-15-23(8-2)17-24(16-22)28(27,25-13-18(3)9-11-20(25)5)26-14-19(4)10-12-21(26)6/h9-17H,7-8H2,1-6H3. The molecule has 0 N–H and O–H groups in total. The van der Waals surface area contributed by atoms with E-state index in [1.54, 1.807) is 0 Å². The van der Waals surface area contributed by atoms with E-state index in [1.807, 2.05) is 0 Å². The Balaban J connectivity index is 2.42. The molecule has 28 heavy (non-hydrogen) atoms. The lowest BCUT2D eigenvalue weighted by Crippen LogP contribution is -2.64. The van der Waals surface area contributed by atoms with Gasteiger partial charge in [0.2, 0.25) is 7.38 Å². The van der Waals surface area contributed by atoms with Crippen molar-refractivity contribution in [3.05, 3.63) is 88.0 Å². The van der Waals surface area contributed by atoms with Crippen LogP contribution in [0.4, 0.5) is 0 Å². The molecule has 0 bridgehead atoms. The van der Waals surface area contributed by atoms with Crippen LogP contribution in [-0.4, -0.2) is 7.38 Å². The lowest BCUT2D eigenvalue weighted by atomic mass is 10.1. The molecule has 0 aliphatic carbocycles. The van der Waals surface area contributed by atoms with Crippen LogP contribution in [0.1, 0.15) is 47.2 Å². The predicted molar refractivity (Wildman–Crippen MR) is 128 cm³/mol. The average molecular weight is 407 g/mol. The summed E-state index contributed by atoms with van der Waals surface area (Å²) in [6, 6.07) is 20.5. The van der Waals surface area contributed by atoms with E-state index in [0.29, 0.717) is 0 Å². The second-order valence-corrected chi connectivity index (χ2v) is 12.7. The zero-order valence-corrected chi connectivity index (χ0v) is 19.7. The smallest absolute Gasteiger partial charge is 0.149 e. The quantitative estimate of drug-likeness (QED) is 0.308. The molecule has 0 unspecified atom stereocenters. The van der Waals surface area contributed by atoms with Crippen LogP contribution < -0.4 is 15.6 Å². The summed E-state index contributed by atoms with van der Waals surface area (Å²) in [5.74, 6) is 0. The summed E-state index contributed by atoms with van der Waals surface area (Å²) in [7, 11) is -2.65. The van der Waals surface area contributed by atoms with Gasteiger partial charge < -0.3 is 0 Å². The van der Waals surface area contributed by atoms with Crippen molar-refractivity contribution in [2.24, 2.45) is 0 Å². The highest BCUT2D eigenvalue weighted by Crippen LogP contribution is 2.20. The van der Waals surface area contributed by atoms with E-state index < -0.39 is 7.38 Å². The van der Waals surface area contributed by atoms with E-state index >= 15 is 0 Å². The second-order valence-electron chi connectivity index (χ2n) is 8.04. The molecule has 0 aliphatic heterocycles. The summed E-state index contributed by atoms with van der Waals surface area (Å²) in [4.78, 5) is 0. The highest BCUT2D eigenvalue weighted by atomic mass is 35.6. The minimum atomic E-state index is -2.65. The summed E-state index contributed by atoms with van der Waals surface area (Å²) in [6.07, 6.45) is 2.06. The van der Waals surface area contributed by atoms with Crippen molar-refractivity contribution in [2.45, 2.75) is 54.4 Å². The van der Waals surface area contributed by atoms with E-state index in [1.165, 1.54) is 48.9 Å². The highest BCUT2D eigenvalue weighted by Gasteiger charge is 2.40. The minimum absolute atomic E-state index is 1.03. The Hall–Kier alpha value is -1.83. The van der Waals surface area contributed by atoms with Gasteiger partial charge in [0.25, 0.3) is 0 Å². The van der Waals surface area contributed by atoms with E-state index in [4.69, 9.17) is 11.1 Å². The SMILES string of the molecule is CCc1cc(CC)cc([Si](Cl)(c2cc(C)ccc2C)c2cc(C)ccc2C)c1. The number of hydrogen-bond acceptors (Lipinski definition) is 0. The Labute approximate surface area is 176 Å². The van der Waals surface area contributed by atoms with E-state index in [0.717, 1.165) is 12.8 Å². The van der Waals surface area contributed by atoms with Crippen molar-refractivity contribution in [3.63, 3.8) is 0 Å². The van der Waals surface area contributed by atoms with E-state index in [-0.39, 0.29) is 0 Å². The summed E-state index contributed by atoms with van der Waals surface area (Å²) in [5, 5.41) is 3.95. The Morgan fingerprint density at radius 3 is 1.46 bits per heavy atom. The van der Waals surface area contributed by atoms with Gasteiger partial charge in [0, 0.05) is 0 Å². The van der Waals surface area contributed by atoms with Crippen LogP contribution in [0.15, 0.2) is 54.6 Å². The number of hydrogen-bond donors (Lipinski definition) is 0. The first kappa shape index (κ1) is 20.9. The average Bonchev–Trinajstić information content (AvgIpc) is 2.70. The number of aryl methyl sites for hydroxylation is 6. The van der Waals surface area contributed by atoms with Gasteiger partial charge in [-0.1, -0.05) is 79.6 Å². The van der Waals surface area contributed by atoms with Crippen molar-refractivity contribution in [3.8, 4) is 0 Å². The molecule has 0 aromatic heterocycles. The zero-order chi connectivity index (χ0) is 20.5. The fraction of sp³-hybridized carbons (Fsp3) is 0.308. The number of halogens is 1. The Morgan fingerprint density at radius 2 is 1.07 bits per heavy atom. The molecule has 0 spiro atoms. The van der Waals surface area contributed by atoms with Gasteiger partial charge in [0.1, 0.15) is 0 Å². The lowest BCUT2D eigenvalue weighted by Gasteiger charge is -2.31. The molecule has 0 aliphatic rings. The second kappa shape index (κ2) is 8.27. The van der Waals surface area contributed by atoms with Crippen LogP contribution in [0.3, 0.4) is 0 Å². The molecular formula is C26H31ClSi. The molecule has 3 aromatic carbocycles. The van der Waals surface area contributed by atoms with Crippen LogP contribution in [0.25, 0.3) is 0 Å². The Morgan fingerprint density at radius 1 is 0.643 bits per heavy atom. The molecular weight excluding hydrogens is 376 g/mol. The minimum Gasteiger partial charge on any atom is -0.149 e. The van der Waals surface area contributed by atoms with Gasteiger partial charge in [0.15, 0.2) is 0 Å². The fourth-order valence-electron chi connectivity index (χ4n) is 4.04. The van der Waals surface area contributed by atoms with Gasteiger partial charge in [0.05, 0.1) is 0 Å². The lowest BCUT2D eigenvalue weighted by molar-refractivity contribution is 1.09. The monoisotopic (exact) mass is 406 g/mol. The molecule has 3 rings (SSSR count). The van der Waals surface area contributed by atoms with Crippen LogP contribution in [0.2, 0.25) is 0 Å². The maximum absolute atomic E-state index is 7.87. The van der Waals surface area contributed by atoms with Crippen molar-refractivity contribution < 1.29 is 0 Å². The van der Waals surface area contributed by atoms with Gasteiger partial charge >= 0.3 is 0 Å². The first-order valence-corrected chi connectivity index (χ1v) is 13.3. The summed E-state index contributed by atoms with van der Waals surface area (Å²) in [6.45, 7) is 13.2. The van der Waals surface area contributed by atoms with E-state index in [2.05, 4.69) is 96.1 Å². The van der Waals surface area contributed by atoms with Gasteiger partial charge in [-0.25, -0.2) is 0 Å². The Kier molecular flexibility index (Phi) is 6.17. The molecule has 0 amide bonds. The predicted octanol–water partition coefficient (Wildman–Crippen LogP) is 5.25. The van der Waals surface area contributed by atoms with Crippen molar-refractivity contribution >= 4 is 34.0 Å². The first-order valence-electron chi connectivity index (χ1n) is 10.3. The molecule has 0 saturated carbocycles. The summed E-state index contributed by atoms with van der Waals surface area (Å²) >= 11 is 7.87. The molecule has 0 radical (unpaired) electrons. The van der Waals surface area contributed by atoms with Crippen molar-refractivity contribution in [1.29, 1.82) is 0 Å². The molecule has 3 aromatic rings. The molecule has 146 valence electrons. The van der Waals surface area contributed by atoms with Gasteiger partial charge in [-0.05, 0) is 78.4 Å². The van der Waals surface area contributed by atoms with Crippen molar-refractivity contribution in [1.82, 2.24) is 0 Å². The van der Waals surface area contributed by atoms with Gasteiger partial charge in [-0.3, -0.25) is 0 Å². The zero-order valence-electron chi connectivity index (χ0n) is 18.0. The highest BCUT2D eigenvalue weighted by molar-refractivity contribution is 7.40. The van der Waals surface area contributed by atoms with E-state index in [9.17, 15) is 0 Å². The molecule has 0 nitrogen and oxygen atoms in total. The summed E-state index contributed by atoms with van der Waals surface area (Å²) in [5.41, 5.74) is 7.86. The first-order chi connectivity index (χ1) is 13.3. The molecule has 0 atom stereocenters. The third-order valence-electron chi connectivity index (χ3n) is 5.80. The number of rotatable bonds is 5. The molecule has 0 fully saturated rings. The summed E-state index contributed by atoms with van der Waals surface area (Å²) < 4.78 is 0. The maximum Gasteiger partial charge on any atom is 0.248 e. The van der Waals surface area contributed by atoms with Crippen LogP contribution in [0, 0.1) is 27.7 Å². The third-order valence-corrected chi connectivity index (χ3v) is 11.3. The normalized spacial score (nSPS) is 11.7. The van der Waals surface area contributed by atoms with Gasteiger partial charge in [-0.15, -0.1) is 11.1 Å². The van der Waals surface area contributed by atoms with Crippen LogP contribution in [0.5, 0.6) is 0 Å². The van der Waals surface area contributed by atoms with Crippen LogP contribution in [-0.2, 0) is 12.8 Å². The fourth-order valence-corrected chi connectivity index (χ4v) is 9.38. The molecule has 0 saturated heterocycles. The largest absolute Gasteiger partial charge is 0.248 e. The van der Waals surface area contributed by atoms with Crippen LogP contribution >= 0.6 is 11.1 Å². The third kappa shape index (κ3) is 3.83. The Bertz CT molecular complexity index is 930. The number of benzene rings is 3. The maximum atomic E-state index is 7.87.